The summed E-state index contributed by atoms with van der Waals surface area (Å²) in [5, 5.41) is 4.21. The number of benzene rings is 9. The number of nitrogens with zero attached hydrogens (tertiary/aromatic N) is 4. The Hall–Kier alpha value is -9.92. The van der Waals surface area contributed by atoms with Crippen molar-refractivity contribution in [3.05, 3.63) is 289 Å². The Balaban J connectivity index is 0.000000143. The van der Waals surface area contributed by atoms with Crippen LogP contribution in [-0.4, -0.2) is 40.6 Å². The fourth-order valence-electron chi connectivity index (χ4n) is 9.97. The fourth-order valence-corrected chi connectivity index (χ4v) is 10.2. The van der Waals surface area contributed by atoms with Crippen molar-refractivity contribution in [2.45, 2.75) is 27.7 Å². The maximum atomic E-state index is 11.3. The Morgan fingerprint density at radius 3 is 0.930 bits per heavy atom. The highest BCUT2D eigenvalue weighted by Crippen LogP contribution is 2.35. The molecular weight excluding hydrogens is 1100 g/mol. The SMILES string of the molecule is CC(=O)Nc1ccc(-c2cc(-c3ccccc3)nc(-c3ccccc3)c2)cc1.CCN(CC)c1ccc(-c2cc(-c3ccccc3)nc(-c3ccccc3)c2)cc1.CCOc1ccc(-c2cc(-c3ccc(Cl)cc3)nc(-c3ccc(Cl)cc3)c2)cc1. The van der Waals surface area contributed by atoms with E-state index in [1.165, 1.54) is 23.7 Å². The monoisotopic (exact) mass is 1160 g/mol. The number of rotatable bonds is 15. The lowest BCUT2D eigenvalue weighted by molar-refractivity contribution is -0.114. The number of pyridine rings is 3. The molecule has 1 N–H and O–H groups in total. The second-order valence-electron chi connectivity index (χ2n) is 20.3. The van der Waals surface area contributed by atoms with E-state index in [1.54, 1.807) is 0 Å². The largest absolute Gasteiger partial charge is 0.494 e. The van der Waals surface area contributed by atoms with Gasteiger partial charge in [-0.25, -0.2) is 15.0 Å². The van der Waals surface area contributed by atoms with Crippen LogP contribution in [0.1, 0.15) is 27.7 Å². The number of hydrogen-bond donors (Lipinski definition) is 1. The Kier molecular flexibility index (Phi) is 20.0. The van der Waals surface area contributed by atoms with Gasteiger partial charge in [0.05, 0.1) is 40.8 Å². The molecule has 7 nitrogen and oxygen atoms in total. The quantitative estimate of drug-likeness (QED) is 0.110. The van der Waals surface area contributed by atoms with Gasteiger partial charge in [0.1, 0.15) is 5.75 Å². The molecular formula is C77H65Cl2N5O2. The topological polar surface area (TPSA) is 80.2 Å². The van der Waals surface area contributed by atoms with Crippen molar-refractivity contribution in [1.29, 1.82) is 0 Å². The van der Waals surface area contributed by atoms with E-state index in [0.717, 1.165) is 114 Å². The average molecular weight is 1160 g/mol. The number of carbonyl (C=O) groups is 1. The first-order valence-corrected chi connectivity index (χ1v) is 29.6. The summed E-state index contributed by atoms with van der Waals surface area (Å²) in [6.07, 6.45) is 0. The number of halogens is 2. The predicted octanol–water partition coefficient (Wildman–Crippen LogP) is 20.8. The van der Waals surface area contributed by atoms with Gasteiger partial charge in [0, 0.05) is 74.8 Å². The van der Waals surface area contributed by atoms with Gasteiger partial charge in [-0.05, 0) is 151 Å². The molecule has 0 aliphatic carbocycles. The molecule has 0 atom stereocenters. The third-order valence-electron chi connectivity index (χ3n) is 14.4. The van der Waals surface area contributed by atoms with Crippen LogP contribution in [0.5, 0.6) is 5.75 Å². The lowest BCUT2D eigenvalue weighted by Crippen LogP contribution is -2.21. The normalized spacial score (nSPS) is 10.6. The van der Waals surface area contributed by atoms with Crippen LogP contribution >= 0.6 is 23.2 Å². The first kappa shape index (κ1) is 59.2. The van der Waals surface area contributed by atoms with Crippen LogP contribution in [0.25, 0.3) is 101 Å². The first-order valence-electron chi connectivity index (χ1n) is 28.9. The van der Waals surface area contributed by atoms with Gasteiger partial charge in [-0.15, -0.1) is 0 Å². The number of hydrogen-bond acceptors (Lipinski definition) is 6. The maximum absolute atomic E-state index is 11.3. The Labute approximate surface area is 515 Å². The minimum atomic E-state index is -0.0746. The maximum Gasteiger partial charge on any atom is 0.221 e. The van der Waals surface area contributed by atoms with Gasteiger partial charge in [-0.1, -0.05) is 205 Å². The highest BCUT2D eigenvalue weighted by molar-refractivity contribution is 6.31. The fraction of sp³-hybridized carbons (Fsp3) is 0.0909. The van der Waals surface area contributed by atoms with E-state index >= 15 is 0 Å². The van der Waals surface area contributed by atoms with E-state index in [2.05, 4.69) is 170 Å². The molecule has 3 aromatic heterocycles. The number of amides is 1. The second-order valence-corrected chi connectivity index (χ2v) is 21.2. The van der Waals surface area contributed by atoms with Crippen molar-refractivity contribution in [2.75, 3.05) is 29.9 Å². The van der Waals surface area contributed by atoms with E-state index in [-0.39, 0.29) is 5.91 Å². The third-order valence-corrected chi connectivity index (χ3v) is 14.9. The van der Waals surface area contributed by atoms with Crippen molar-refractivity contribution in [1.82, 2.24) is 15.0 Å². The second kappa shape index (κ2) is 29.1. The van der Waals surface area contributed by atoms with E-state index < -0.39 is 0 Å². The van der Waals surface area contributed by atoms with Crippen molar-refractivity contribution in [3.8, 4) is 107 Å². The molecule has 0 spiro atoms. The van der Waals surface area contributed by atoms with Gasteiger partial charge in [-0.3, -0.25) is 4.79 Å². The molecule has 0 aliphatic rings. The summed E-state index contributed by atoms with van der Waals surface area (Å²) in [6.45, 7) is 10.6. The zero-order chi connectivity index (χ0) is 59.6. The van der Waals surface area contributed by atoms with Crippen LogP contribution < -0.4 is 15.0 Å². The summed E-state index contributed by atoms with van der Waals surface area (Å²) < 4.78 is 5.57. The molecule has 1 amide bonds. The highest BCUT2D eigenvalue weighted by atomic mass is 35.5. The summed E-state index contributed by atoms with van der Waals surface area (Å²) in [7, 11) is 0. The van der Waals surface area contributed by atoms with Gasteiger partial charge in [0.25, 0.3) is 0 Å². The zero-order valence-corrected chi connectivity index (χ0v) is 50.1. The first-order chi connectivity index (χ1) is 42.1. The van der Waals surface area contributed by atoms with Crippen LogP contribution in [0.3, 0.4) is 0 Å². The molecule has 0 bridgehead atoms. The summed E-state index contributed by atoms with van der Waals surface area (Å²) >= 11 is 12.1. The molecule has 12 aromatic rings. The van der Waals surface area contributed by atoms with E-state index in [1.807, 2.05) is 140 Å². The van der Waals surface area contributed by atoms with Crippen LogP contribution in [0.2, 0.25) is 10.0 Å². The highest BCUT2D eigenvalue weighted by Gasteiger charge is 2.14. The van der Waals surface area contributed by atoms with E-state index in [0.29, 0.717) is 16.7 Å². The Bertz CT molecular complexity index is 3930. The number of anilines is 2. The summed E-state index contributed by atoms with van der Waals surface area (Å²) in [5.74, 6) is 0.788. The van der Waals surface area contributed by atoms with Gasteiger partial charge < -0.3 is 15.0 Å². The van der Waals surface area contributed by atoms with Crippen molar-refractivity contribution in [3.63, 3.8) is 0 Å². The third kappa shape index (κ3) is 15.6. The Morgan fingerprint density at radius 1 is 0.360 bits per heavy atom. The molecule has 424 valence electrons. The van der Waals surface area contributed by atoms with Crippen LogP contribution in [0.4, 0.5) is 11.4 Å². The predicted molar refractivity (Wildman–Crippen MR) is 361 cm³/mol. The van der Waals surface area contributed by atoms with Gasteiger partial charge >= 0.3 is 0 Å². The van der Waals surface area contributed by atoms with Crippen molar-refractivity contribution >= 4 is 40.5 Å². The summed E-state index contributed by atoms with van der Waals surface area (Å²) in [4.78, 5) is 28.4. The van der Waals surface area contributed by atoms with Crippen LogP contribution in [0, 0.1) is 0 Å². The molecule has 0 unspecified atom stereocenters. The minimum absolute atomic E-state index is 0.0746. The molecule has 9 aromatic carbocycles. The van der Waals surface area contributed by atoms with Crippen LogP contribution in [0.15, 0.2) is 279 Å². The Morgan fingerprint density at radius 2 is 0.640 bits per heavy atom. The summed E-state index contributed by atoms with van der Waals surface area (Å²) in [5.41, 5.74) is 20.9. The van der Waals surface area contributed by atoms with Gasteiger partial charge in [-0.2, -0.15) is 0 Å². The number of aromatic nitrogens is 3. The molecule has 0 saturated carbocycles. The lowest BCUT2D eigenvalue weighted by atomic mass is 9.99. The number of nitrogens with one attached hydrogen (secondary N) is 1. The van der Waals surface area contributed by atoms with Gasteiger partial charge in [0.2, 0.25) is 5.91 Å². The molecule has 0 radical (unpaired) electrons. The van der Waals surface area contributed by atoms with Crippen LogP contribution in [-0.2, 0) is 4.79 Å². The molecule has 0 saturated heterocycles. The molecule has 0 aliphatic heterocycles. The molecule has 9 heteroatoms. The minimum Gasteiger partial charge on any atom is -0.494 e. The zero-order valence-electron chi connectivity index (χ0n) is 48.5. The van der Waals surface area contributed by atoms with Crippen molar-refractivity contribution < 1.29 is 9.53 Å². The molecule has 0 fully saturated rings. The summed E-state index contributed by atoms with van der Waals surface area (Å²) in [6, 6.07) is 94.2. The lowest BCUT2D eigenvalue weighted by Gasteiger charge is -2.21. The number of ether oxygens (including phenoxy) is 1. The molecule has 3 heterocycles. The molecule has 12 rings (SSSR count). The van der Waals surface area contributed by atoms with E-state index in [4.69, 9.17) is 42.9 Å². The standard InChI is InChI=1S/C27H26N2.C25H19Cl2NO.C25H20N2O/c1-3-29(4-2)25-17-15-21(16-18-25)24-19-26(22-11-7-5-8-12-22)28-27(20-24)23-13-9-6-10-14-23;1-2-29-23-13-7-17(8-14-23)20-15-24(18-3-9-21(26)10-4-18)28-25(16-20)19-5-11-22(27)12-6-19;1-18(28)26-23-14-12-19(13-15-23)22-16-24(20-8-4-2-5-9-20)27-25(17-22)21-10-6-3-7-11-21/h5-20H,3-4H2,1-2H3;3-16H,2H2,1H3;2-17H,1H3,(H,26,28). The number of carbonyl (C=O) groups excluding carboxylic acids is 1. The van der Waals surface area contributed by atoms with E-state index in [9.17, 15) is 4.79 Å². The average Bonchev–Trinajstić information content (AvgIpc) is 3.60. The van der Waals surface area contributed by atoms with Gasteiger partial charge in [0.15, 0.2) is 0 Å². The van der Waals surface area contributed by atoms with Crippen molar-refractivity contribution in [2.24, 2.45) is 0 Å². The smallest absolute Gasteiger partial charge is 0.221 e. The molecule has 86 heavy (non-hydrogen) atoms.